The second-order valence-corrected chi connectivity index (χ2v) is 9.85. The number of halogens is 2. The zero-order valence-corrected chi connectivity index (χ0v) is 20.0. The van der Waals surface area contributed by atoms with Gasteiger partial charge in [0.15, 0.2) is 0 Å². The van der Waals surface area contributed by atoms with Gasteiger partial charge in [-0.05, 0) is 42.5 Å². The summed E-state index contributed by atoms with van der Waals surface area (Å²) in [7, 11) is 0. The fraction of sp³-hybridized carbons (Fsp3) is 0.375. The molecule has 34 heavy (non-hydrogen) atoms. The second kappa shape index (κ2) is 9.19. The van der Waals surface area contributed by atoms with Crippen LogP contribution >= 0.6 is 23.2 Å². The van der Waals surface area contributed by atoms with Crippen LogP contribution in [0.15, 0.2) is 42.7 Å². The summed E-state index contributed by atoms with van der Waals surface area (Å²) < 4.78 is 1.56. The van der Waals surface area contributed by atoms with Gasteiger partial charge in [0, 0.05) is 28.5 Å². The summed E-state index contributed by atoms with van der Waals surface area (Å²) in [4.78, 5) is 23.7. The molecule has 1 saturated carbocycles. The standard InChI is InChI=1S/C24H25Cl2N5O3/c1-13-5-17(8-21(13)33)28-23-27-9-19(26)22(29-23)15-7-18-11-31(24(34)30(18)10-15)20(12-32)14-3-2-4-16(25)6-14/h2-4,6-7,9-10,13,17,20-21,32-33H,5,8,11-12H2,1H3,(H,27,28,29)/t13?,17?,20-,21?/m1/s1. The lowest BCUT2D eigenvalue weighted by molar-refractivity contribution is 0.141. The van der Waals surface area contributed by atoms with Gasteiger partial charge in [0.2, 0.25) is 5.95 Å². The number of hydrogen-bond donors (Lipinski definition) is 3. The molecule has 8 nitrogen and oxygen atoms in total. The monoisotopic (exact) mass is 501 g/mol. The van der Waals surface area contributed by atoms with E-state index in [0.717, 1.165) is 17.7 Å². The topological polar surface area (TPSA) is 104 Å². The summed E-state index contributed by atoms with van der Waals surface area (Å²) in [5.41, 5.74) is 2.79. The number of aliphatic hydroxyl groups excluding tert-OH is 2. The maximum Gasteiger partial charge on any atom is 0.329 e. The first kappa shape index (κ1) is 23.1. The number of fused-ring (bicyclic) bond motifs is 1. The predicted octanol–water partition coefficient (Wildman–Crippen LogP) is 4.34. The van der Waals surface area contributed by atoms with E-state index in [4.69, 9.17) is 23.2 Å². The number of amides is 1. The molecule has 0 radical (unpaired) electrons. The van der Waals surface area contributed by atoms with E-state index in [2.05, 4.69) is 15.3 Å². The molecule has 3 heterocycles. The van der Waals surface area contributed by atoms with E-state index >= 15 is 0 Å². The Morgan fingerprint density at radius 3 is 2.76 bits per heavy atom. The predicted molar refractivity (Wildman–Crippen MR) is 130 cm³/mol. The molecule has 3 aromatic rings. The molecule has 2 aliphatic rings. The number of nitrogens with one attached hydrogen (secondary N) is 1. The molecule has 1 amide bonds. The largest absolute Gasteiger partial charge is 0.394 e. The molecule has 178 valence electrons. The van der Waals surface area contributed by atoms with E-state index < -0.39 is 6.04 Å². The summed E-state index contributed by atoms with van der Waals surface area (Å²) >= 11 is 12.5. The third-order valence-electron chi connectivity index (χ3n) is 6.66. The number of anilines is 1. The van der Waals surface area contributed by atoms with Gasteiger partial charge in [-0.25, -0.2) is 14.8 Å². The molecule has 1 fully saturated rings. The first-order valence-electron chi connectivity index (χ1n) is 11.2. The number of hydrogen-bond acceptors (Lipinski definition) is 6. The lowest BCUT2D eigenvalue weighted by Crippen LogP contribution is -2.32. The SMILES string of the molecule is CC1CC(Nc2ncc(Cl)c(-c3cc4n(c3)C(=O)N([C@H](CO)c3cccc(Cl)c3)C4)n2)CC1O. The number of aliphatic hydroxyl groups is 2. The Labute approximate surface area is 207 Å². The van der Waals surface area contributed by atoms with Crippen LogP contribution < -0.4 is 5.32 Å². The number of aromatic nitrogens is 3. The fourth-order valence-corrected chi connectivity index (χ4v) is 5.22. The molecule has 0 bridgehead atoms. The van der Waals surface area contributed by atoms with Crippen molar-refractivity contribution in [2.24, 2.45) is 5.92 Å². The van der Waals surface area contributed by atoms with Crippen molar-refractivity contribution in [1.82, 2.24) is 19.4 Å². The zero-order valence-electron chi connectivity index (χ0n) is 18.5. The smallest absolute Gasteiger partial charge is 0.329 e. The molecule has 3 N–H and O–H groups in total. The summed E-state index contributed by atoms with van der Waals surface area (Å²) in [6.45, 7) is 2.14. The van der Waals surface area contributed by atoms with Crippen molar-refractivity contribution >= 4 is 35.2 Å². The third kappa shape index (κ3) is 4.27. The van der Waals surface area contributed by atoms with Crippen molar-refractivity contribution < 1.29 is 15.0 Å². The van der Waals surface area contributed by atoms with Gasteiger partial charge in [0.25, 0.3) is 0 Å². The minimum Gasteiger partial charge on any atom is -0.394 e. The highest BCUT2D eigenvalue weighted by Gasteiger charge is 2.34. The van der Waals surface area contributed by atoms with Crippen molar-refractivity contribution in [2.45, 2.75) is 44.5 Å². The van der Waals surface area contributed by atoms with Crippen LogP contribution in [0.5, 0.6) is 0 Å². The molecular formula is C24H25Cl2N5O3. The van der Waals surface area contributed by atoms with Crippen LogP contribution in [0, 0.1) is 5.92 Å². The van der Waals surface area contributed by atoms with Gasteiger partial charge in [-0.2, -0.15) is 0 Å². The Hall–Kier alpha value is -2.65. The van der Waals surface area contributed by atoms with Crippen LogP contribution in [0.2, 0.25) is 10.0 Å². The van der Waals surface area contributed by atoms with Crippen molar-refractivity contribution in [3.05, 3.63) is 64.0 Å². The first-order valence-corrected chi connectivity index (χ1v) is 12.0. The van der Waals surface area contributed by atoms with E-state index in [1.165, 1.54) is 0 Å². The van der Waals surface area contributed by atoms with E-state index in [1.54, 1.807) is 40.1 Å². The van der Waals surface area contributed by atoms with Gasteiger partial charge in [-0.3, -0.25) is 4.57 Å². The second-order valence-electron chi connectivity index (χ2n) is 9.00. The van der Waals surface area contributed by atoms with Crippen LogP contribution in [0.25, 0.3) is 11.3 Å². The first-order chi connectivity index (χ1) is 16.3. The minimum atomic E-state index is -0.503. The normalized spacial score (nSPS) is 22.8. The van der Waals surface area contributed by atoms with Gasteiger partial charge in [0.1, 0.15) is 0 Å². The number of benzene rings is 1. The maximum absolute atomic E-state index is 13.2. The van der Waals surface area contributed by atoms with Gasteiger partial charge in [-0.15, -0.1) is 0 Å². The highest BCUT2D eigenvalue weighted by Crippen LogP contribution is 2.35. The Bertz CT molecular complexity index is 1220. The Kier molecular flexibility index (Phi) is 6.24. The highest BCUT2D eigenvalue weighted by atomic mass is 35.5. The lowest BCUT2D eigenvalue weighted by atomic mass is 10.1. The molecular weight excluding hydrogens is 477 g/mol. The fourth-order valence-electron chi connectivity index (χ4n) is 4.82. The van der Waals surface area contributed by atoms with Crippen LogP contribution in [-0.2, 0) is 6.54 Å². The molecule has 0 spiro atoms. The van der Waals surface area contributed by atoms with Gasteiger partial charge in [0.05, 0.1) is 42.2 Å². The molecule has 5 rings (SSSR count). The molecule has 1 aliphatic heterocycles. The number of carbonyl (C=O) groups is 1. The van der Waals surface area contributed by atoms with Gasteiger partial charge >= 0.3 is 6.03 Å². The Morgan fingerprint density at radius 1 is 1.26 bits per heavy atom. The van der Waals surface area contributed by atoms with Gasteiger partial charge < -0.3 is 20.4 Å². The molecule has 0 saturated heterocycles. The number of rotatable bonds is 6. The minimum absolute atomic E-state index is 0.0927. The van der Waals surface area contributed by atoms with E-state index in [-0.39, 0.29) is 30.7 Å². The van der Waals surface area contributed by atoms with Crippen LogP contribution in [0.4, 0.5) is 10.7 Å². The van der Waals surface area contributed by atoms with Crippen LogP contribution in [0.1, 0.15) is 37.1 Å². The van der Waals surface area contributed by atoms with Crippen molar-refractivity contribution in [2.75, 3.05) is 11.9 Å². The van der Waals surface area contributed by atoms with E-state index in [1.807, 2.05) is 19.1 Å². The van der Waals surface area contributed by atoms with E-state index in [0.29, 0.717) is 40.2 Å². The van der Waals surface area contributed by atoms with Crippen LogP contribution in [0.3, 0.4) is 0 Å². The van der Waals surface area contributed by atoms with E-state index in [9.17, 15) is 15.0 Å². The third-order valence-corrected chi connectivity index (χ3v) is 7.17. The molecule has 3 unspecified atom stereocenters. The average molecular weight is 502 g/mol. The number of nitrogens with zero attached hydrogens (tertiary/aromatic N) is 4. The summed E-state index contributed by atoms with van der Waals surface area (Å²) in [5, 5.41) is 24.2. The highest BCUT2D eigenvalue weighted by molar-refractivity contribution is 6.33. The van der Waals surface area contributed by atoms with Crippen LogP contribution in [-0.4, -0.2) is 54.4 Å². The lowest BCUT2D eigenvalue weighted by Gasteiger charge is -2.26. The zero-order chi connectivity index (χ0) is 24.0. The summed E-state index contributed by atoms with van der Waals surface area (Å²) in [6, 6.07) is 8.39. The average Bonchev–Trinajstić information content (AvgIpc) is 3.45. The Balaban J connectivity index is 1.37. The van der Waals surface area contributed by atoms with Crippen molar-refractivity contribution in [1.29, 1.82) is 0 Å². The maximum atomic E-state index is 13.2. The summed E-state index contributed by atoms with van der Waals surface area (Å²) in [5.74, 6) is 0.661. The molecule has 2 aromatic heterocycles. The van der Waals surface area contributed by atoms with Crippen molar-refractivity contribution in [3.63, 3.8) is 0 Å². The summed E-state index contributed by atoms with van der Waals surface area (Å²) in [6.07, 6.45) is 4.41. The van der Waals surface area contributed by atoms with Gasteiger partial charge in [-0.1, -0.05) is 42.3 Å². The molecule has 10 heteroatoms. The number of carbonyl (C=O) groups excluding carboxylic acids is 1. The Morgan fingerprint density at radius 2 is 2.09 bits per heavy atom. The molecule has 4 atom stereocenters. The molecule has 1 aromatic carbocycles. The quantitative estimate of drug-likeness (QED) is 0.464. The molecule has 1 aliphatic carbocycles. The van der Waals surface area contributed by atoms with Crippen molar-refractivity contribution in [3.8, 4) is 11.3 Å².